The summed E-state index contributed by atoms with van der Waals surface area (Å²) in [6.07, 6.45) is 1.72. The molecule has 8 heteroatoms. The van der Waals surface area contributed by atoms with E-state index in [4.69, 9.17) is 0 Å². The van der Waals surface area contributed by atoms with Crippen molar-refractivity contribution in [3.8, 4) is 0 Å². The molecule has 1 unspecified atom stereocenters. The molecule has 1 aromatic carbocycles. The quantitative estimate of drug-likeness (QED) is 0.769. The number of aromatic nitrogens is 2. The van der Waals surface area contributed by atoms with Gasteiger partial charge in [0, 0.05) is 56.4 Å². The zero-order valence-corrected chi connectivity index (χ0v) is 17.2. The molecule has 0 saturated carbocycles. The van der Waals surface area contributed by atoms with Crippen LogP contribution in [0.15, 0.2) is 47.3 Å². The van der Waals surface area contributed by atoms with Crippen LogP contribution < -0.4 is 10.9 Å². The second-order valence-corrected chi connectivity index (χ2v) is 7.90. The summed E-state index contributed by atoms with van der Waals surface area (Å²) in [6, 6.07) is 12.5. The summed E-state index contributed by atoms with van der Waals surface area (Å²) in [5.74, 6) is -0.256. The molecule has 3 heterocycles. The number of nitrogens with zero attached hydrogens (tertiary/aromatic N) is 4. The molecule has 2 aliphatic rings. The van der Waals surface area contributed by atoms with Gasteiger partial charge >= 0.3 is 0 Å². The van der Waals surface area contributed by atoms with Crippen LogP contribution in [-0.2, 0) is 6.54 Å². The molecule has 0 spiro atoms. The highest BCUT2D eigenvalue weighted by Gasteiger charge is 2.40. The predicted octanol–water partition coefficient (Wildman–Crippen LogP) is 0.982. The molecule has 30 heavy (non-hydrogen) atoms. The van der Waals surface area contributed by atoms with Crippen LogP contribution in [-0.4, -0.2) is 69.7 Å². The van der Waals surface area contributed by atoms with Crippen LogP contribution in [0, 0.1) is 0 Å². The monoisotopic (exact) mass is 409 g/mol. The van der Waals surface area contributed by atoms with Crippen molar-refractivity contribution in [1.82, 2.24) is 24.9 Å². The predicted molar refractivity (Wildman–Crippen MR) is 112 cm³/mol. The third-order valence-electron chi connectivity index (χ3n) is 5.87. The summed E-state index contributed by atoms with van der Waals surface area (Å²) in [5, 5.41) is 7.11. The van der Waals surface area contributed by atoms with E-state index in [1.165, 1.54) is 16.8 Å². The number of rotatable bonds is 6. The van der Waals surface area contributed by atoms with E-state index >= 15 is 0 Å². The van der Waals surface area contributed by atoms with Crippen LogP contribution >= 0.6 is 0 Å². The number of amides is 2. The Kier molecular flexibility index (Phi) is 5.94. The van der Waals surface area contributed by atoms with E-state index in [1.807, 2.05) is 42.2 Å². The maximum Gasteiger partial charge on any atom is 0.271 e. The fraction of sp³-hybridized carbons (Fsp3) is 0.455. The lowest BCUT2D eigenvalue weighted by molar-refractivity contribution is 0.0493. The first kappa shape index (κ1) is 20.3. The topological polar surface area (TPSA) is 87.5 Å². The van der Waals surface area contributed by atoms with E-state index in [2.05, 4.69) is 15.3 Å². The highest BCUT2D eigenvalue weighted by Crippen LogP contribution is 2.26. The lowest BCUT2D eigenvalue weighted by Crippen LogP contribution is -2.57. The Bertz CT molecular complexity index is 974. The van der Waals surface area contributed by atoms with E-state index in [9.17, 15) is 14.4 Å². The maximum atomic E-state index is 13.0. The highest BCUT2D eigenvalue weighted by molar-refractivity contribution is 5.94. The van der Waals surface area contributed by atoms with Crippen molar-refractivity contribution in [1.29, 1.82) is 0 Å². The van der Waals surface area contributed by atoms with Gasteiger partial charge in [-0.15, -0.1) is 0 Å². The van der Waals surface area contributed by atoms with E-state index in [-0.39, 0.29) is 35.2 Å². The lowest BCUT2D eigenvalue weighted by Gasteiger charge is -2.40. The average molecular weight is 409 g/mol. The van der Waals surface area contributed by atoms with Crippen molar-refractivity contribution in [2.45, 2.75) is 38.4 Å². The number of piperazine rings is 1. The van der Waals surface area contributed by atoms with Crippen LogP contribution in [0.4, 0.5) is 0 Å². The minimum Gasteiger partial charge on any atom is -0.349 e. The van der Waals surface area contributed by atoms with Gasteiger partial charge in [0.1, 0.15) is 5.69 Å². The Morgan fingerprint density at radius 3 is 2.70 bits per heavy atom. The number of carbonyl (C=O) groups excluding carboxylic acids is 2. The Morgan fingerprint density at radius 2 is 1.93 bits per heavy atom. The fourth-order valence-corrected chi connectivity index (χ4v) is 4.28. The molecule has 2 bridgehead atoms. The van der Waals surface area contributed by atoms with Gasteiger partial charge in [-0.2, -0.15) is 5.10 Å². The standard InChI is InChI=1S/C22H27N5O3/c1-2-11-27-20(28)9-8-19(24-27)21(29)23-13-18-15-26(17-10-12-25(18)14-17)22(30)16-6-4-3-5-7-16/h3-9,17-18H,2,10-15H2,1H3,(H,23,29)/t17-,18-/m0/s1. The van der Waals surface area contributed by atoms with Crippen molar-refractivity contribution in [3.63, 3.8) is 0 Å². The molecular formula is C22H27N5O3. The van der Waals surface area contributed by atoms with E-state index < -0.39 is 0 Å². The van der Waals surface area contributed by atoms with Gasteiger partial charge in [0.05, 0.1) is 0 Å². The first-order chi connectivity index (χ1) is 14.6. The number of benzene rings is 1. The lowest BCUT2D eigenvalue weighted by atomic mass is 10.1. The Morgan fingerprint density at radius 1 is 1.13 bits per heavy atom. The minimum absolute atomic E-state index is 0.0479. The van der Waals surface area contributed by atoms with Gasteiger partial charge < -0.3 is 10.2 Å². The third-order valence-corrected chi connectivity index (χ3v) is 5.87. The molecule has 2 amide bonds. The van der Waals surface area contributed by atoms with Gasteiger partial charge in [-0.05, 0) is 31.0 Å². The molecule has 4 rings (SSSR count). The minimum atomic E-state index is -0.304. The van der Waals surface area contributed by atoms with Crippen LogP contribution in [0.1, 0.15) is 40.6 Å². The van der Waals surface area contributed by atoms with Crippen molar-refractivity contribution in [2.75, 3.05) is 26.2 Å². The third kappa shape index (κ3) is 4.14. The molecule has 2 aromatic rings. The maximum absolute atomic E-state index is 13.0. The van der Waals surface area contributed by atoms with Gasteiger partial charge in [-0.1, -0.05) is 25.1 Å². The van der Waals surface area contributed by atoms with E-state index in [0.717, 1.165) is 25.9 Å². The molecule has 3 atom stereocenters. The van der Waals surface area contributed by atoms with Gasteiger partial charge in [0.15, 0.2) is 0 Å². The van der Waals surface area contributed by atoms with Gasteiger partial charge in [0.25, 0.3) is 17.4 Å². The average Bonchev–Trinajstić information content (AvgIpc) is 3.19. The summed E-state index contributed by atoms with van der Waals surface area (Å²) in [5.41, 5.74) is 0.720. The fourth-order valence-electron chi connectivity index (χ4n) is 4.28. The SMILES string of the molecule is CCCn1nc(C(=O)NC[C@H]2CN(C(=O)c3ccccc3)[C@H]3CCN2C3)ccc1=O. The highest BCUT2D eigenvalue weighted by atomic mass is 16.2. The Balaban J connectivity index is 1.42. The molecule has 8 nitrogen and oxygen atoms in total. The first-order valence-corrected chi connectivity index (χ1v) is 10.5. The molecule has 0 aliphatic carbocycles. The molecule has 2 aliphatic heterocycles. The van der Waals surface area contributed by atoms with E-state index in [0.29, 0.717) is 25.2 Å². The summed E-state index contributed by atoms with van der Waals surface area (Å²) in [7, 11) is 0. The van der Waals surface area contributed by atoms with E-state index in [1.54, 1.807) is 0 Å². The number of hydrogen-bond acceptors (Lipinski definition) is 5. The van der Waals surface area contributed by atoms with Gasteiger partial charge in [0.2, 0.25) is 0 Å². The smallest absolute Gasteiger partial charge is 0.271 e. The molecule has 1 aromatic heterocycles. The molecule has 158 valence electrons. The molecule has 1 N–H and O–H groups in total. The second-order valence-electron chi connectivity index (χ2n) is 7.90. The number of aryl methyl sites for hydroxylation is 1. The second kappa shape index (κ2) is 8.79. The number of hydrogen-bond donors (Lipinski definition) is 1. The molecular weight excluding hydrogens is 382 g/mol. The number of carbonyl (C=O) groups is 2. The van der Waals surface area contributed by atoms with Crippen molar-refractivity contribution in [2.24, 2.45) is 0 Å². The summed E-state index contributed by atoms with van der Waals surface area (Å²) in [6.45, 7) is 5.20. The summed E-state index contributed by atoms with van der Waals surface area (Å²) >= 11 is 0. The normalized spacial score (nSPS) is 22.7. The molecule has 2 saturated heterocycles. The van der Waals surface area contributed by atoms with Crippen LogP contribution in [0.5, 0.6) is 0 Å². The van der Waals surface area contributed by atoms with Gasteiger partial charge in [-0.3, -0.25) is 19.3 Å². The largest absolute Gasteiger partial charge is 0.349 e. The van der Waals surface area contributed by atoms with Crippen LogP contribution in [0.3, 0.4) is 0 Å². The van der Waals surface area contributed by atoms with Crippen molar-refractivity contribution in [3.05, 3.63) is 64.1 Å². The number of nitrogens with one attached hydrogen (secondary N) is 1. The summed E-state index contributed by atoms with van der Waals surface area (Å²) in [4.78, 5) is 41.7. The number of fused-ring (bicyclic) bond motifs is 2. The Labute approximate surface area is 175 Å². The first-order valence-electron chi connectivity index (χ1n) is 10.5. The van der Waals surface area contributed by atoms with Crippen molar-refractivity contribution < 1.29 is 9.59 Å². The summed E-state index contributed by atoms with van der Waals surface area (Å²) < 4.78 is 1.32. The Hall–Kier alpha value is -3.00. The zero-order chi connectivity index (χ0) is 21.1. The van der Waals surface area contributed by atoms with Gasteiger partial charge in [-0.25, -0.2) is 4.68 Å². The van der Waals surface area contributed by atoms with Crippen LogP contribution in [0.25, 0.3) is 0 Å². The molecule has 2 fully saturated rings. The molecule has 0 radical (unpaired) electrons. The van der Waals surface area contributed by atoms with Crippen LogP contribution in [0.2, 0.25) is 0 Å². The van der Waals surface area contributed by atoms with Crippen molar-refractivity contribution >= 4 is 11.8 Å². The zero-order valence-electron chi connectivity index (χ0n) is 17.2.